The predicted molar refractivity (Wildman–Crippen MR) is 90.0 cm³/mol. The maximum Gasteiger partial charge on any atom is 0.0191 e. The molecule has 0 amide bonds. The van der Waals surface area contributed by atoms with Gasteiger partial charge in [-0.15, -0.1) is 11.8 Å². The van der Waals surface area contributed by atoms with Gasteiger partial charge in [0, 0.05) is 10.6 Å². The third-order valence-electron chi connectivity index (χ3n) is 3.45. The molecule has 0 N–H and O–H groups in total. The summed E-state index contributed by atoms with van der Waals surface area (Å²) in [5.74, 6) is 1.07. The van der Waals surface area contributed by atoms with Crippen LogP contribution in [0.15, 0.2) is 65.1 Å². The van der Waals surface area contributed by atoms with E-state index < -0.39 is 0 Å². The normalized spacial score (nSPS) is 16.5. The lowest BCUT2D eigenvalue weighted by molar-refractivity contribution is 1.41. The van der Waals surface area contributed by atoms with E-state index in [4.69, 9.17) is 0 Å². The highest BCUT2D eigenvalue weighted by Crippen LogP contribution is 2.35. The molecular weight excluding hydrogens is 260 g/mol. The molecule has 1 heterocycles. The van der Waals surface area contributed by atoms with Crippen LogP contribution in [0.4, 0.5) is 0 Å². The van der Waals surface area contributed by atoms with Crippen molar-refractivity contribution < 1.29 is 0 Å². The van der Waals surface area contributed by atoms with Gasteiger partial charge in [0.1, 0.15) is 0 Å². The summed E-state index contributed by atoms with van der Waals surface area (Å²) in [5.41, 5.74) is 6.64. The molecule has 2 aromatic carbocycles. The number of benzene rings is 2. The smallest absolute Gasteiger partial charge is 0.0191 e. The second-order valence-corrected chi connectivity index (χ2v) is 6.30. The maximum absolute atomic E-state index is 2.32. The Bertz CT molecular complexity index is 675. The fraction of sp³-hybridized carbons (Fsp3) is 0.158. The first-order valence-electron chi connectivity index (χ1n) is 6.90. The van der Waals surface area contributed by atoms with Crippen LogP contribution in [-0.4, -0.2) is 5.75 Å². The van der Waals surface area contributed by atoms with Crippen molar-refractivity contribution in [2.75, 3.05) is 5.75 Å². The summed E-state index contributed by atoms with van der Waals surface area (Å²) in [6.45, 7) is 4.33. The summed E-state index contributed by atoms with van der Waals surface area (Å²) < 4.78 is 0. The Balaban J connectivity index is 2.10. The lowest BCUT2D eigenvalue weighted by Crippen LogP contribution is -1.84. The molecule has 1 heteroatoms. The van der Waals surface area contributed by atoms with E-state index in [0.29, 0.717) is 0 Å². The van der Waals surface area contributed by atoms with Gasteiger partial charge in [0.05, 0.1) is 0 Å². The third kappa shape index (κ3) is 2.88. The Labute approximate surface area is 125 Å². The van der Waals surface area contributed by atoms with E-state index >= 15 is 0 Å². The number of thioether (sulfide) groups is 1. The van der Waals surface area contributed by atoms with Gasteiger partial charge >= 0.3 is 0 Å². The van der Waals surface area contributed by atoms with E-state index in [1.807, 2.05) is 11.8 Å². The summed E-state index contributed by atoms with van der Waals surface area (Å²) >= 11 is 1.93. The lowest BCUT2D eigenvalue weighted by Gasteiger charge is -2.07. The number of allylic oxidation sites excluding steroid dienone is 2. The van der Waals surface area contributed by atoms with Crippen molar-refractivity contribution in [2.45, 2.75) is 18.7 Å². The molecule has 100 valence electrons. The van der Waals surface area contributed by atoms with Gasteiger partial charge in [-0.3, -0.25) is 0 Å². The average Bonchev–Trinajstić information content (AvgIpc) is 2.62. The van der Waals surface area contributed by atoms with Crippen molar-refractivity contribution in [3.8, 4) is 0 Å². The summed E-state index contributed by atoms with van der Waals surface area (Å²) in [5, 5.41) is 0. The predicted octanol–water partition coefficient (Wildman–Crippen LogP) is 5.59. The minimum absolute atomic E-state index is 1.07. The maximum atomic E-state index is 2.32. The second kappa shape index (κ2) is 5.72. The monoisotopic (exact) mass is 278 g/mol. The van der Waals surface area contributed by atoms with Crippen molar-refractivity contribution in [2.24, 2.45) is 0 Å². The van der Waals surface area contributed by atoms with Gasteiger partial charge in [0.2, 0.25) is 0 Å². The molecule has 0 radical (unpaired) electrons. The van der Waals surface area contributed by atoms with E-state index in [2.05, 4.69) is 74.5 Å². The Hall–Kier alpha value is -1.73. The lowest BCUT2D eigenvalue weighted by atomic mass is 10.0. The van der Waals surface area contributed by atoms with Crippen LogP contribution < -0.4 is 0 Å². The van der Waals surface area contributed by atoms with Crippen LogP contribution in [0.3, 0.4) is 0 Å². The van der Waals surface area contributed by atoms with E-state index in [1.165, 1.54) is 32.7 Å². The van der Waals surface area contributed by atoms with Crippen LogP contribution in [0.5, 0.6) is 0 Å². The van der Waals surface area contributed by atoms with E-state index in [-0.39, 0.29) is 0 Å². The van der Waals surface area contributed by atoms with E-state index in [0.717, 1.165) is 5.75 Å². The first kappa shape index (κ1) is 13.3. The van der Waals surface area contributed by atoms with Crippen molar-refractivity contribution in [1.29, 1.82) is 0 Å². The highest BCUT2D eigenvalue weighted by Gasteiger charge is 2.11. The first-order valence-corrected chi connectivity index (χ1v) is 7.89. The second-order valence-electron chi connectivity index (χ2n) is 5.29. The summed E-state index contributed by atoms with van der Waals surface area (Å²) in [6, 6.07) is 17.4. The summed E-state index contributed by atoms with van der Waals surface area (Å²) in [6.07, 6.45) is 4.60. The van der Waals surface area contributed by atoms with Crippen LogP contribution >= 0.6 is 11.8 Å². The number of rotatable bonds is 1. The molecular formula is C19H18S. The highest BCUT2D eigenvalue weighted by molar-refractivity contribution is 7.99. The quantitative estimate of drug-likeness (QED) is 0.655. The third-order valence-corrected chi connectivity index (χ3v) is 4.72. The number of hydrogen-bond acceptors (Lipinski definition) is 1. The summed E-state index contributed by atoms with van der Waals surface area (Å²) in [7, 11) is 0. The molecule has 0 bridgehead atoms. The van der Waals surface area contributed by atoms with Crippen molar-refractivity contribution in [3.05, 3.63) is 76.9 Å². The van der Waals surface area contributed by atoms with Gasteiger partial charge in [-0.25, -0.2) is 0 Å². The number of fused-ring (bicyclic) bond motifs is 1. The van der Waals surface area contributed by atoms with Crippen LogP contribution in [0.1, 0.15) is 23.6 Å². The molecule has 20 heavy (non-hydrogen) atoms. The van der Waals surface area contributed by atoms with Crippen molar-refractivity contribution in [3.63, 3.8) is 0 Å². The largest absolute Gasteiger partial charge is 0.121 e. The Kier molecular flexibility index (Phi) is 3.79. The van der Waals surface area contributed by atoms with Crippen molar-refractivity contribution in [1.82, 2.24) is 0 Å². The Morgan fingerprint density at radius 2 is 1.70 bits per heavy atom. The number of hydrogen-bond donors (Lipinski definition) is 0. The van der Waals surface area contributed by atoms with Gasteiger partial charge in [0.25, 0.3) is 0 Å². The van der Waals surface area contributed by atoms with Gasteiger partial charge < -0.3 is 0 Å². The minimum atomic E-state index is 1.07. The van der Waals surface area contributed by atoms with E-state index in [9.17, 15) is 0 Å². The molecule has 1 aliphatic rings. The molecule has 1 aliphatic heterocycles. The molecule has 0 saturated carbocycles. The Morgan fingerprint density at radius 1 is 0.950 bits per heavy atom. The van der Waals surface area contributed by atoms with Gasteiger partial charge in [0.15, 0.2) is 0 Å². The zero-order valence-electron chi connectivity index (χ0n) is 11.9. The van der Waals surface area contributed by atoms with Crippen LogP contribution in [0.2, 0.25) is 0 Å². The van der Waals surface area contributed by atoms with Crippen molar-refractivity contribution >= 4 is 23.4 Å². The van der Waals surface area contributed by atoms with Gasteiger partial charge in [-0.1, -0.05) is 59.7 Å². The molecule has 0 fully saturated rings. The molecule has 0 saturated heterocycles. The van der Waals surface area contributed by atoms with Crippen LogP contribution in [0, 0.1) is 6.92 Å². The molecule has 0 unspecified atom stereocenters. The van der Waals surface area contributed by atoms with Crippen LogP contribution in [-0.2, 0) is 0 Å². The van der Waals surface area contributed by atoms with Gasteiger partial charge in [-0.2, -0.15) is 0 Å². The van der Waals surface area contributed by atoms with E-state index in [1.54, 1.807) is 0 Å². The van der Waals surface area contributed by atoms with Crippen LogP contribution in [0.25, 0.3) is 11.6 Å². The zero-order chi connectivity index (χ0) is 13.9. The molecule has 2 aromatic rings. The Morgan fingerprint density at radius 3 is 2.50 bits per heavy atom. The van der Waals surface area contributed by atoms with Gasteiger partial charge in [-0.05, 0) is 42.7 Å². The fourth-order valence-electron chi connectivity index (χ4n) is 2.37. The molecule has 0 spiro atoms. The molecule has 0 atom stereocenters. The molecule has 0 nitrogen and oxygen atoms in total. The number of aryl methyl sites for hydroxylation is 1. The highest BCUT2D eigenvalue weighted by atomic mass is 32.2. The molecule has 0 aliphatic carbocycles. The average molecular weight is 278 g/mol. The molecule has 0 aromatic heterocycles. The molecule has 3 rings (SSSR count). The standard InChI is InChI=1S/C19H18S/c1-14-7-9-16(10-8-14)12-17-11-15(2)13-20-19-6-4-3-5-18(17)19/h3-12H,13H2,1-2H3/b17-12+. The summed E-state index contributed by atoms with van der Waals surface area (Å²) in [4.78, 5) is 1.37. The topological polar surface area (TPSA) is 0 Å². The SMILES string of the molecule is CC1=C/C(=C\c2ccc(C)cc2)c2ccccc2SC1. The zero-order valence-corrected chi connectivity index (χ0v) is 12.7. The first-order chi connectivity index (χ1) is 9.72. The fourth-order valence-corrected chi connectivity index (χ4v) is 3.35. The minimum Gasteiger partial charge on any atom is -0.121 e.